The van der Waals surface area contributed by atoms with Gasteiger partial charge in [0.05, 0.1) is 0 Å². The monoisotopic (exact) mass is 266 g/mol. The van der Waals surface area contributed by atoms with Gasteiger partial charge in [-0.05, 0) is 6.07 Å². The Morgan fingerprint density at radius 3 is 2.42 bits per heavy atom. The van der Waals surface area contributed by atoms with Crippen molar-refractivity contribution in [3.8, 4) is 11.3 Å². The molecule has 0 aliphatic carbocycles. The highest BCUT2D eigenvalue weighted by Gasteiger charge is 2.24. The molecule has 3 rings (SSSR count). The van der Waals surface area contributed by atoms with E-state index in [9.17, 15) is 4.79 Å². The van der Waals surface area contributed by atoms with Crippen molar-refractivity contribution in [2.24, 2.45) is 0 Å². The molecule has 0 fully saturated rings. The summed E-state index contributed by atoms with van der Waals surface area (Å²) in [5, 5.41) is 0. The number of aromatic nitrogens is 1. The van der Waals surface area contributed by atoms with Gasteiger partial charge in [0.25, 0.3) is 9.58 Å². The molecule has 2 nitrogen and oxygen atoms in total. The second-order valence-electron chi connectivity index (χ2n) is 4.28. The van der Waals surface area contributed by atoms with E-state index in [-0.39, 0.29) is 5.78 Å². The zero-order valence-corrected chi connectivity index (χ0v) is 11.3. The van der Waals surface area contributed by atoms with Crippen molar-refractivity contribution in [3.05, 3.63) is 59.5 Å². The lowest BCUT2D eigenvalue weighted by atomic mass is 10.1. The molecule has 3 heteroatoms. The minimum absolute atomic E-state index is 0.0575. The van der Waals surface area contributed by atoms with Crippen molar-refractivity contribution in [1.29, 1.82) is 0 Å². The van der Waals surface area contributed by atoms with Gasteiger partial charge in [-0.2, -0.15) is 0 Å². The van der Waals surface area contributed by atoms with Gasteiger partial charge < -0.3 is 0 Å². The molecule has 0 aliphatic heterocycles. The van der Waals surface area contributed by atoms with Crippen LogP contribution in [-0.2, 0) is 0 Å². The van der Waals surface area contributed by atoms with Gasteiger partial charge in [-0.25, -0.2) is 4.98 Å². The largest absolute Gasteiger partial charge is 0.299 e. The van der Waals surface area contributed by atoms with E-state index < -0.39 is 0 Å². The fraction of sp³-hybridized carbons (Fsp3) is 0.0625. The number of hydrogen-bond donors (Lipinski definition) is 0. The predicted molar refractivity (Wildman–Crippen MR) is 79.5 cm³/mol. The highest BCUT2D eigenvalue weighted by Crippen LogP contribution is 2.30. The van der Waals surface area contributed by atoms with Crippen LogP contribution in [0, 0.1) is 0 Å². The summed E-state index contributed by atoms with van der Waals surface area (Å²) in [7, 11) is 0. The van der Waals surface area contributed by atoms with Crippen LogP contribution in [0.2, 0.25) is 0 Å². The highest BCUT2D eigenvalue weighted by molar-refractivity contribution is 7.20. The molecule has 1 heterocycles. The lowest BCUT2D eigenvalue weighted by Crippen LogP contribution is -1.97. The van der Waals surface area contributed by atoms with Crippen LogP contribution in [0.3, 0.4) is 0 Å². The topological polar surface area (TPSA) is 30.0 Å². The first kappa shape index (κ1) is 11.9. The fourth-order valence-corrected chi connectivity index (χ4v) is 2.98. The average molecular weight is 266 g/mol. The molecule has 92 valence electrons. The van der Waals surface area contributed by atoms with Crippen LogP contribution in [0.4, 0.5) is 0 Å². The molecular weight excluding hydrogens is 254 g/mol. The molecule has 0 unspecified atom stereocenters. The Labute approximate surface area is 115 Å². The highest BCUT2D eigenvalue weighted by atomic mass is 32.1. The number of ketones is 1. The first-order chi connectivity index (χ1) is 9.25. The van der Waals surface area contributed by atoms with Gasteiger partial charge in [0, 0.05) is 18.6 Å². The van der Waals surface area contributed by atoms with Crippen molar-refractivity contribution in [3.63, 3.8) is 0 Å². The number of carbonyl (C=O) groups excluding carboxylic acids is 1. The van der Waals surface area contributed by atoms with Crippen molar-refractivity contribution in [2.75, 3.05) is 0 Å². The lowest BCUT2D eigenvalue weighted by molar-refractivity contribution is 0.102. The Morgan fingerprint density at radius 1 is 1.00 bits per heavy atom. The molecular formula is C16H12NOS+. The average Bonchev–Trinajstić information content (AvgIpc) is 2.46. The number of benzene rings is 2. The minimum atomic E-state index is 0.0575. The summed E-state index contributed by atoms with van der Waals surface area (Å²) in [4.78, 5) is 17.2. The zero-order chi connectivity index (χ0) is 13.2. The molecule has 1 aromatic heterocycles. The summed E-state index contributed by atoms with van der Waals surface area (Å²) in [5.74, 6) is 0.0575. The Morgan fingerprint density at radius 2 is 1.68 bits per heavy atom. The number of hydrogen-bond acceptors (Lipinski definition) is 2. The molecule has 0 radical (unpaired) electrons. The van der Waals surface area contributed by atoms with Crippen LogP contribution in [0.1, 0.15) is 16.6 Å². The predicted octanol–water partition coefficient (Wildman–Crippen LogP) is 4.45. The number of Topliss-reactive ketones (excluding diaryl/α,β-unsaturated/α-hetero) is 1. The van der Waals surface area contributed by atoms with E-state index in [1.165, 1.54) is 11.3 Å². The van der Waals surface area contributed by atoms with Gasteiger partial charge in [-0.15, -0.1) is 0 Å². The molecule has 2 aromatic carbocycles. The summed E-state index contributed by atoms with van der Waals surface area (Å²) >= 11 is 1.50. The van der Waals surface area contributed by atoms with Crippen LogP contribution >= 0.6 is 11.3 Å². The summed E-state index contributed by atoms with van der Waals surface area (Å²) < 4.78 is 1.03. The minimum Gasteiger partial charge on any atom is -0.289 e. The molecule has 3 aromatic rings. The van der Waals surface area contributed by atoms with E-state index >= 15 is 0 Å². The molecule has 19 heavy (non-hydrogen) atoms. The first-order valence-corrected chi connectivity index (χ1v) is 6.86. The van der Waals surface area contributed by atoms with Crippen molar-refractivity contribution < 1.29 is 4.79 Å². The standard InChI is InChI=1S/C16H12NOS/c1-11(18)16-15(12-7-3-2-4-8-12)17-13-9-5-6-10-14(13)19-16/h2-10H,1H3/q+1. The molecule has 0 bridgehead atoms. The smallest absolute Gasteiger partial charge is 0.289 e. The quantitative estimate of drug-likeness (QED) is 0.507. The van der Waals surface area contributed by atoms with Gasteiger partial charge in [-0.3, -0.25) is 4.79 Å². The van der Waals surface area contributed by atoms with E-state index in [2.05, 4.69) is 4.98 Å². The second kappa shape index (κ2) is 4.86. The molecule has 0 amide bonds. The fourth-order valence-electron chi connectivity index (χ4n) is 2.00. The third-order valence-electron chi connectivity index (χ3n) is 2.89. The third kappa shape index (κ3) is 2.25. The second-order valence-corrected chi connectivity index (χ2v) is 5.33. The van der Waals surface area contributed by atoms with E-state index in [1.807, 2.05) is 54.6 Å². The first-order valence-electron chi connectivity index (χ1n) is 6.05. The summed E-state index contributed by atoms with van der Waals surface area (Å²) in [6.07, 6.45) is 0. The number of nitrogens with zero attached hydrogens (tertiary/aromatic N) is 1. The Bertz CT molecular complexity index is 753. The van der Waals surface area contributed by atoms with Gasteiger partial charge >= 0.3 is 0 Å². The van der Waals surface area contributed by atoms with E-state index in [4.69, 9.17) is 0 Å². The van der Waals surface area contributed by atoms with Crippen LogP contribution in [0.25, 0.3) is 21.5 Å². The summed E-state index contributed by atoms with van der Waals surface area (Å²) in [6.45, 7) is 1.59. The lowest BCUT2D eigenvalue weighted by Gasteiger charge is -2.00. The van der Waals surface area contributed by atoms with Crippen molar-refractivity contribution in [2.45, 2.75) is 6.92 Å². The van der Waals surface area contributed by atoms with Gasteiger partial charge in [0.15, 0.2) is 0 Å². The van der Waals surface area contributed by atoms with Crippen LogP contribution in [0.5, 0.6) is 0 Å². The maximum atomic E-state index is 11.9. The molecule has 0 atom stereocenters. The van der Waals surface area contributed by atoms with Crippen LogP contribution < -0.4 is 0 Å². The Kier molecular flexibility index (Phi) is 3.05. The Balaban J connectivity index is 2.33. The normalized spacial score (nSPS) is 10.6. The summed E-state index contributed by atoms with van der Waals surface area (Å²) in [5.41, 5.74) is 2.68. The molecule has 0 spiro atoms. The van der Waals surface area contributed by atoms with Crippen LogP contribution in [-0.4, -0.2) is 10.8 Å². The number of rotatable bonds is 2. The zero-order valence-electron chi connectivity index (χ0n) is 10.5. The molecule has 0 N–H and O–H groups in total. The maximum absolute atomic E-state index is 11.9. The Hall–Kier alpha value is -2.13. The number of carbonyl (C=O) groups is 1. The third-order valence-corrected chi connectivity index (χ3v) is 4.14. The van der Waals surface area contributed by atoms with E-state index in [0.29, 0.717) is 4.88 Å². The van der Waals surface area contributed by atoms with Crippen molar-refractivity contribution >= 4 is 27.3 Å². The van der Waals surface area contributed by atoms with E-state index in [0.717, 1.165) is 21.5 Å². The number of fused-ring (bicyclic) bond motifs is 1. The maximum Gasteiger partial charge on any atom is 0.299 e. The molecule has 0 aliphatic rings. The van der Waals surface area contributed by atoms with Crippen molar-refractivity contribution in [1.82, 2.24) is 4.98 Å². The summed E-state index contributed by atoms with van der Waals surface area (Å²) in [6, 6.07) is 17.7. The van der Waals surface area contributed by atoms with Crippen LogP contribution in [0.15, 0.2) is 54.6 Å². The van der Waals surface area contributed by atoms with Gasteiger partial charge in [0.2, 0.25) is 17.1 Å². The van der Waals surface area contributed by atoms with E-state index in [1.54, 1.807) is 6.92 Å². The number of para-hydroxylation sites is 1. The SMILES string of the molecule is CC(=O)c1[s+]c2ccccc2nc1-c1ccccc1. The molecule has 0 saturated heterocycles. The van der Waals surface area contributed by atoms with Gasteiger partial charge in [-0.1, -0.05) is 42.5 Å². The molecule has 0 saturated carbocycles. The van der Waals surface area contributed by atoms with Gasteiger partial charge in [0.1, 0.15) is 11.2 Å².